The molecule has 0 aliphatic rings. The molecule has 10 heteroatoms. The van der Waals surface area contributed by atoms with E-state index in [4.69, 9.17) is 9.47 Å². The highest BCUT2D eigenvalue weighted by Gasteiger charge is 2.31. The second-order valence-electron chi connectivity index (χ2n) is 6.23. The van der Waals surface area contributed by atoms with Crippen LogP contribution < -0.4 is 14.2 Å². The zero-order valence-electron chi connectivity index (χ0n) is 16.3. The van der Waals surface area contributed by atoms with Gasteiger partial charge in [-0.15, -0.1) is 11.3 Å². The zero-order chi connectivity index (χ0) is 21.8. The van der Waals surface area contributed by atoms with Crippen LogP contribution in [0, 0.1) is 0 Å². The molecule has 1 heterocycles. The molecule has 7 nitrogen and oxygen atoms in total. The normalized spacial score (nSPS) is 13.0. The number of ether oxygens (including phenoxy) is 2. The number of hydrogen-bond donors (Lipinski definition) is 1. The van der Waals surface area contributed by atoms with Crippen LogP contribution in [0.4, 0.5) is 0 Å². The van der Waals surface area contributed by atoms with Crippen LogP contribution in [0.2, 0.25) is 0 Å². The van der Waals surface area contributed by atoms with Crippen molar-refractivity contribution < 1.29 is 26.3 Å². The maximum absolute atomic E-state index is 13.2. The standard InChI is InChI=1S/C20H21NO6S3/c1-26-17-11-10-16(13-18(17)27-2)30(24,25)21-14-20(19-9-6-12-28-19)29(22,23)15-7-4-3-5-8-15/h3-13,20-21H,14H2,1-2H3/t20-/m0/s1. The van der Waals surface area contributed by atoms with E-state index in [-0.39, 0.29) is 22.1 Å². The maximum atomic E-state index is 13.2. The number of thiophene rings is 1. The molecule has 0 spiro atoms. The molecule has 0 amide bonds. The summed E-state index contributed by atoms with van der Waals surface area (Å²) in [6.07, 6.45) is 0. The van der Waals surface area contributed by atoms with Crippen molar-refractivity contribution in [3.8, 4) is 11.5 Å². The maximum Gasteiger partial charge on any atom is 0.240 e. The number of sulfonamides is 1. The van der Waals surface area contributed by atoms with E-state index in [0.717, 1.165) is 0 Å². The van der Waals surface area contributed by atoms with Gasteiger partial charge in [-0.25, -0.2) is 21.6 Å². The molecule has 0 fully saturated rings. The Morgan fingerprint density at radius 2 is 1.57 bits per heavy atom. The quantitative estimate of drug-likeness (QED) is 0.519. The van der Waals surface area contributed by atoms with E-state index in [0.29, 0.717) is 10.6 Å². The first-order chi connectivity index (χ1) is 14.3. The van der Waals surface area contributed by atoms with Gasteiger partial charge in [0.05, 0.1) is 24.0 Å². The van der Waals surface area contributed by atoms with Crippen LogP contribution in [0.3, 0.4) is 0 Å². The van der Waals surface area contributed by atoms with Crippen molar-refractivity contribution in [3.05, 3.63) is 70.9 Å². The number of nitrogens with one attached hydrogen (secondary N) is 1. The van der Waals surface area contributed by atoms with E-state index in [1.54, 1.807) is 35.7 Å². The van der Waals surface area contributed by atoms with Crippen molar-refractivity contribution in [1.29, 1.82) is 0 Å². The molecule has 3 rings (SSSR count). The smallest absolute Gasteiger partial charge is 0.240 e. The molecule has 0 radical (unpaired) electrons. The van der Waals surface area contributed by atoms with E-state index >= 15 is 0 Å². The second-order valence-corrected chi connectivity index (χ2v) is 11.1. The minimum atomic E-state index is -3.99. The monoisotopic (exact) mass is 467 g/mol. The van der Waals surface area contributed by atoms with Crippen molar-refractivity contribution in [2.24, 2.45) is 0 Å². The molecule has 1 atom stereocenters. The Balaban J connectivity index is 1.91. The summed E-state index contributed by atoms with van der Waals surface area (Å²) < 4.78 is 64.8. The summed E-state index contributed by atoms with van der Waals surface area (Å²) in [6.45, 7) is -0.311. The van der Waals surface area contributed by atoms with Crippen molar-refractivity contribution in [3.63, 3.8) is 0 Å². The average Bonchev–Trinajstić information content (AvgIpc) is 3.28. The molecule has 0 unspecified atom stereocenters. The predicted octanol–water partition coefficient (Wildman–Crippen LogP) is 3.26. The third-order valence-electron chi connectivity index (χ3n) is 4.43. The Kier molecular flexibility index (Phi) is 6.81. The summed E-state index contributed by atoms with van der Waals surface area (Å²) in [7, 11) is -4.95. The molecular weight excluding hydrogens is 446 g/mol. The van der Waals surface area contributed by atoms with Gasteiger partial charge in [0.15, 0.2) is 21.3 Å². The SMILES string of the molecule is COc1ccc(S(=O)(=O)NC[C@@H](c2cccs2)S(=O)(=O)c2ccccc2)cc1OC. The summed E-state index contributed by atoms with van der Waals surface area (Å²) in [5.41, 5.74) is 0. The van der Waals surface area contributed by atoms with E-state index in [2.05, 4.69) is 4.72 Å². The number of hydrogen-bond acceptors (Lipinski definition) is 7. The van der Waals surface area contributed by atoms with Gasteiger partial charge < -0.3 is 9.47 Å². The second kappa shape index (κ2) is 9.17. The van der Waals surface area contributed by atoms with Gasteiger partial charge in [-0.3, -0.25) is 0 Å². The van der Waals surface area contributed by atoms with Gasteiger partial charge in [0, 0.05) is 17.5 Å². The van der Waals surface area contributed by atoms with Gasteiger partial charge in [-0.2, -0.15) is 0 Å². The molecular formula is C20H21NO6S3. The fraction of sp³-hybridized carbons (Fsp3) is 0.200. The number of rotatable bonds is 9. The molecule has 160 valence electrons. The molecule has 3 aromatic rings. The zero-order valence-corrected chi connectivity index (χ0v) is 18.8. The first-order valence-corrected chi connectivity index (χ1v) is 12.7. The Labute approximate surface area is 180 Å². The molecule has 0 aliphatic carbocycles. The Hall–Kier alpha value is -2.40. The number of benzene rings is 2. The largest absolute Gasteiger partial charge is 0.493 e. The lowest BCUT2D eigenvalue weighted by molar-refractivity contribution is 0.354. The van der Waals surface area contributed by atoms with Crippen molar-refractivity contribution in [2.75, 3.05) is 20.8 Å². The van der Waals surface area contributed by atoms with Crippen LogP contribution >= 0.6 is 11.3 Å². The van der Waals surface area contributed by atoms with Crippen molar-refractivity contribution in [2.45, 2.75) is 15.0 Å². The molecule has 0 aliphatic heterocycles. The van der Waals surface area contributed by atoms with E-state index in [9.17, 15) is 16.8 Å². The lowest BCUT2D eigenvalue weighted by Crippen LogP contribution is -2.31. The highest BCUT2D eigenvalue weighted by molar-refractivity contribution is 7.92. The number of sulfone groups is 1. The van der Waals surface area contributed by atoms with Gasteiger partial charge in [0.2, 0.25) is 10.0 Å². The minimum Gasteiger partial charge on any atom is -0.493 e. The highest BCUT2D eigenvalue weighted by Crippen LogP contribution is 2.33. The summed E-state index contributed by atoms with van der Waals surface area (Å²) in [5.74, 6) is 0.645. The average molecular weight is 468 g/mol. The van der Waals surface area contributed by atoms with Crippen LogP contribution in [-0.2, 0) is 19.9 Å². The van der Waals surface area contributed by atoms with Crippen molar-refractivity contribution in [1.82, 2.24) is 4.72 Å². The van der Waals surface area contributed by atoms with Crippen LogP contribution in [0.5, 0.6) is 11.5 Å². The fourth-order valence-electron chi connectivity index (χ4n) is 2.86. The lowest BCUT2D eigenvalue weighted by Gasteiger charge is -2.18. The van der Waals surface area contributed by atoms with E-state index < -0.39 is 25.1 Å². The molecule has 0 bridgehead atoms. The van der Waals surface area contributed by atoms with Crippen LogP contribution in [-0.4, -0.2) is 37.6 Å². The summed E-state index contributed by atoms with van der Waals surface area (Å²) in [4.78, 5) is 0.629. The van der Waals surface area contributed by atoms with Gasteiger partial charge >= 0.3 is 0 Å². The summed E-state index contributed by atoms with van der Waals surface area (Å²) in [5, 5.41) is 0.695. The Morgan fingerprint density at radius 1 is 0.867 bits per heavy atom. The van der Waals surface area contributed by atoms with Gasteiger partial charge in [-0.1, -0.05) is 24.3 Å². The molecule has 0 saturated carbocycles. The van der Waals surface area contributed by atoms with Crippen LogP contribution in [0.25, 0.3) is 0 Å². The molecule has 1 N–H and O–H groups in total. The minimum absolute atomic E-state index is 0.0535. The van der Waals surface area contributed by atoms with E-state index in [1.807, 2.05) is 0 Å². The fourth-order valence-corrected chi connectivity index (χ4v) is 6.84. The molecule has 2 aromatic carbocycles. The predicted molar refractivity (Wildman–Crippen MR) is 115 cm³/mol. The van der Waals surface area contributed by atoms with Crippen LogP contribution in [0.1, 0.15) is 10.1 Å². The lowest BCUT2D eigenvalue weighted by atomic mass is 10.3. The van der Waals surface area contributed by atoms with Gasteiger partial charge in [0.1, 0.15) is 5.25 Å². The van der Waals surface area contributed by atoms with Gasteiger partial charge in [0.25, 0.3) is 0 Å². The highest BCUT2D eigenvalue weighted by atomic mass is 32.2. The Morgan fingerprint density at radius 3 is 2.17 bits per heavy atom. The molecule has 0 saturated heterocycles. The van der Waals surface area contributed by atoms with Crippen molar-refractivity contribution >= 4 is 31.2 Å². The molecule has 1 aromatic heterocycles. The topological polar surface area (TPSA) is 98.8 Å². The third-order valence-corrected chi connectivity index (χ3v) is 9.09. The van der Waals surface area contributed by atoms with Gasteiger partial charge in [-0.05, 0) is 35.7 Å². The third kappa shape index (κ3) is 4.67. The Bertz CT molecular complexity index is 1190. The summed E-state index contributed by atoms with van der Waals surface area (Å²) >= 11 is 1.26. The molecule has 30 heavy (non-hydrogen) atoms. The first-order valence-electron chi connectivity index (χ1n) is 8.83. The first kappa shape index (κ1) is 22.3. The van der Waals surface area contributed by atoms with E-state index in [1.165, 1.54) is 55.9 Å². The van der Waals surface area contributed by atoms with Crippen LogP contribution in [0.15, 0.2) is 75.8 Å². The summed E-state index contributed by atoms with van der Waals surface area (Å²) in [6, 6.07) is 15.6. The number of methoxy groups -OCH3 is 2.